The highest BCUT2D eigenvalue weighted by Crippen LogP contribution is 2.38. The third-order valence-electron chi connectivity index (χ3n) is 3.32. The van der Waals surface area contributed by atoms with Crippen LogP contribution in [-0.4, -0.2) is 4.98 Å². The van der Waals surface area contributed by atoms with Crippen LogP contribution < -0.4 is 11.5 Å². The SMILES string of the molecule is NC=C(N)c1nc2c(F)cc(F)cc2c2c(Cl)c(Cl)ccc12. The number of benzene rings is 2. The molecule has 2 aromatic carbocycles. The lowest BCUT2D eigenvalue weighted by Crippen LogP contribution is -2.04. The number of rotatable bonds is 1. The van der Waals surface area contributed by atoms with Gasteiger partial charge in [0, 0.05) is 28.4 Å². The van der Waals surface area contributed by atoms with Crippen molar-refractivity contribution >= 4 is 50.6 Å². The fourth-order valence-electron chi connectivity index (χ4n) is 2.35. The van der Waals surface area contributed by atoms with Gasteiger partial charge in [0.15, 0.2) is 5.82 Å². The largest absolute Gasteiger partial charge is 0.403 e. The summed E-state index contributed by atoms with van der Waals surface area (Å²) in [6.07, 6.45) is 1.15. The van der Waals surface area contributed by atoms with Gasteiger partial charge in [-0.05, 0) is 12.1 Å². The van der Waals surface area contributed by atoms with Gasteiger partial charge in [-0.1, -0.05) is 29.3 Å². The second kappa shape index (κ2) is 5.26. The van der Waals surface area contributed by atoms with E-state index in [4.69, 9.17) is 34.7 Å². The Balaban J connectivity index is 2.66. The molecule has 0 unspecified atom stereocenters. The van der Waals surface area contributed by atoms with Crippen LogP contribution in [-0.2, 0) is 0 Å². The Morgan fingerprint density at radius 3 is 2.55 bits per heavy atom. The minimum Gasteiger partial charge on any atom is -0.403 e. The molecule has 0 aliphatic heterocycles. The van der Waals surface area contributed by atoms with E-state index < -0.39 is 11.6 Å². The monoisotopic (exact) mass is 339 g/mol. The number of pyridine rings is 1. The molecule has 0 saturated heterocycles. The fraction of sp³-hybridized carbons (Fsp3) is 0. The van der Waals surface area contributed by atoms with Crippen molar-refractivity contribution in [3.63, 3.8) is 0 Å². The summed E-state index contributed by atoms with van der Waals surface area (Å²) in [4.78, 5) is 4.17. The first-order valence-corrected chi connectivity index (χ1v) is 6.94. The molecule has 112 valence electrons. The minimum absolute atomic E-state index is 0.0575. The van der Waals surface area contributed by atoms with E-state index in [1.54, 1.807) is 12.1 Å². The zero-order valence-corrected chi connectivity index (χ0v) is 12.5. The van der Waals surface area contributed by atoms with Crippen LogP contribution in [0.25, 0.3) is 27.4 Å². The first-order chi connectivity index (χ1) is 10.4. The molecule has 22 heavy (non-hydrogen) atoms. The van der Waals surface area contributed by atoms with Crippen molar-refractivity contribution in [3.8, 4) is 0 Å². The van der Waals surface area contributed by atoms with Crippen LogP contribution >= 0.6 is 23.2 Å². The Labute approximate surface area is 134 Å². The number of nitrogens with zero attached hydrogens (tertiary/aromatic N) is 1. The first-order valence-electron chi connectivity index (χ1n) is 6.18. The second-order valence-corrected chi connectivity index (χ2v) is 5.44. The Kier molecular flexibility index (Phi) is 3.54. The highest BCUT2D eigenvalue weighted by Gasteiger charge is 2.17. The molecule has 4 N–H and O–H groups in total. The van der Waals surface area contributed by atoms with Gasteiger partial charge in [-0.15, -0.1) is 0 Å². The number of nitrogens with two attached hydrogens (primary N) is 2. The highest BCUT2D eigenvalue weighted by molar-refractivity contribution is 6.46. The number of aromatic nitrogens is 1. The van der Waals surface area contributed by atoms with Gasteiger partial charge in [0.1, 0.15) is 11.3 Å². The zero-order chi connectivity index (χ0) is 16.0. The summed E-state index contributed by atoms with van der Waals surface area (Å²) in [5.41, 5.74) is 11.6. The molecular weight excluding hydrogens is 331 g/mol. The third-order valence-corrected chi connectivity index (χ3v) is 4.13. The third kappa shape index (κ3) is 2.14. The van der Waals surface area contributed by atoms with Gasteiger partial charge in [0.05, 0.1) is 21.4 Å². The first kappa shape index (κ1) is 14.8. The standard InChI is InChI=1S/C15H9Cl2F2N3/c16-9-2-1-7-12(13(9)17)8-3-6(18)4-10(19)14(8)22-15(7)11(21)5-20/h1-5H,20-21H2. The molecule has 1 aromatic heterocycles. The van der Waals surface area contributed by atoms with Gasteiger partial charge >= 0.3 is 0 Å². The summed E-state index contributed by atoms with van der Waals surface area (Å²) in [6, 6.07) is 5.08. The molecule has 0 fully saturated rings. The van der Waals surface area contributed by atoms with Gasteiger partial charge < -0.3 is 11.5 Å². The van der Waals surface area contributed by atoms with E-state index in [2.05, 4.69) is 4.98 Å². The van der Waals surface area contributed by atoms with Crippen LogP contribution in [0.15, 0.2) is 30.5 Å². The molecule has 0 bridgehead atoms. The van der Waals surface area contributed by atoms with Gasteiger partial charge in [0.2, 0.25) is 0 Å². The topological polar surface area (TPSA) is 64.9 Å². The van der Waals surface area contributed by atoms with E-state index in [1.165, 1.54) is 0 Å². The Hall–Kier alpha value is -2.11. The lowest BCUT2D eigenvalue weighted by molar-refractivity contribution is 0.590. The molecule has 0 spiro atoms. The van der Waals surface area contributed by atoms with Crippen molar-refractivity contribution in [3.05, 3.63) is 57.8 Å². The van der Waals surface area contributed by atoms with Crippen LogP contribution in [0.1, 0.15) is 5.69 Å². The molecular formula is C15H9Cl2F2N3. The van der Waals surface area contributed by atoms with E-state index in [9.17, 15) is 8.78 Å². The molecule has 0 amide bonds. The predicted octanol–water partition coefficient (Wildman–Crippen LogP) is 4.19. The Morgan fingerprint density at radius 2 is 1.86 bits per heavy atom. The summed E-state index contributed by atoms with van der Waals surface area (Å²) in [5, 5.41) is 1.52. The maximum absolute atomic E-state index is 14.1. The van der Waals surface area contributed by atoms with Crippen molar-refractivity contribution in [1.82, 2.24) is 4.98 Å². The Morgan fingerprint density at radius 1 is 1.14 bits per heavy atom. The quantitative estimate of drug-likeness (QED) is 0.653. The molecule has 0 aliphatic carbocycles. The molecule has 1 heterocycles. The fourth-order valence-corrected chi connectivity index (χ4v) is 2.78. The molecule has 0 aliphatic rings. The van der Waals surface area contributed by atoms with E-state index in [-0.39, 0.29) is 32.3 Å². The van der Waals surface area contributed by atoms with Crippen molar-refractivity contribution in [1.29, 1.82) is 0 Å². The maximum Gasteiger partial charge on any atom is 0.152 e. The van der Waals surface area contributed by atoms with E-state index >= 15 is 0 Å². The van der Waals surface area contributed by atoms with Gasteiger partial charge in [-0.25, -0.2) is 13.8 Å². The lowest BCUT2D eigenvalue weighted by Gasteiger charge is -2.12. The van der Waals surface area contributed by atoms with E-state index in [0.29, 0.717) is 10.8 Å². The van der Waals surface area contributed by atoms with Crippen molar-refractivity contribution in [2.75, 3.05) is 0 Å². The van der Waals surface area contributed by atoms with Crippen LogP contribution in [0, 0.1) is 11.6 Å². The van der Waals surface area contributed by atoms with Crippen LogP contribution in [0.3, 0.4) is 0 Å². The smallest absolute Gasteiger partial charge is 0.152 e. The number of fused-ring (bicyclic) bond motifs is 3. The Bertz CT molecular complexity index is 955. The summed E-state index contributed by atoms with van der Waals surface area (Å²) >= 11 is 12.3. The summed E-state index contributed by atoms with van der Waals surface area (Å²) in [7, 11) is 0. The second-order valence-electron chi connectivity index (χ2n) is 4.65. The number of halogens is 4. The van der Waals surface area contributed by atoms with Gasteiger partial charge in [-0.3, -0.25) is 0 Å². The van der Waals surface area contributed by atoms with Crippen LogP contribution in [0.4, 0.5) is 8.78 Å². The molecule has 3 aromatic rings. The van der Waals surface area contributed by atoms with Crippen LogP contribution in [0.5, 0.6) is 0 Å². The zero-order valence-electron chi connectivity index (χ0n) is 11.0. The van der Waals surface area contributed by atoms with Crippen molar-refractivity contribution in [2.45, 2.75) is 0 Å². The molecule has 3 nitrogen and oxygen atoms in total. The summed E-state index contributed by atoms with van der Waals surface area (Å²) < 4.78 is 27.7. The molecule has 3 rings (SSSR count). The van der Waals surface area contributed by atoms with Crippen LogP contribution in [0.2, 0.25) is 10.0 Å². The van der Waals surface area contributed by atoms with Crippen molar-refractivity contribution in [2.24, 2.45) is 11.5 Å². The summed E-state index contributed by atoms with van der Waals surface area (Å²) in [5.74, 6) is -1.56. The highest BCUT2D eigenvalue weighted by atomic mass is 35.5. The molecule has 7 heteroatoms. The summed E-state index contributed by atoms with van der Waals surface area (Å²) in [6.45, 7) is 0. The van der Waals surface area contributed by atoms with Gasteiger partial charge in [0.25, 0.3) is 0 Å². The molecule has 0 radical (unpaired) electrons. The average molecular weight is 340 g/mol. The minimum atomic E-state index is -0.820. The van der Waals surface area contributed by atoms with Gasteiger partial charge in [-0.2, -0.15) is 0 Å². The number of hydrogen-bond donors (Lipinski definition) is 2. The lowest BCUT2D eigenvalue weighted by atomic mass is 10.0. The number of hydrogen-bond acceptors (Lipinski definition) is 3. The van der Waals surface area contributed by atoms with E-state index in [1.807, 2.05) is 0 Å². The molecule has 0 atom stereocenters. The normalized spacial score (nSPS) is 12.3. The maximum atomic E-state index is 14.1. The molecule has 0 saturated carbocycles. The van der Waals surface area contributed by atoms with E-state index in [0.717, 1.165) is 18.3 Å². The van der Waals surface area contributed by atoms with Crippen molar-refractivity contribution < 1.29 is 8.78 Å². The predicted molar refractivity (Wildman–Crippen MR) is 85.5 cm³/mol. The average Bonchev–Trinajstić information content (AvgIpc) is 2.49.